The lowest BCUT2D eigenvalue weighted by Crippen LogP contribution is -2.39. The van der Waals surface area contributed by atoms with Crippen LogP contribution in [0.3, 0.4) is 0 Å². The van der Waals surface area contributed by atoms with Gasteiger partial charge in [-0.05, 0) is 51.0 Å². The average Bonchev–Trinajstić information content (AvgIpc) is 2.75. The number of aliphatic hydroxyl groups excluding tert-OH is 1. The second-order valence-corrected chi connectivity index (χ2v) is 6.38. The highest BCUT2D eigenvalue weighted by atomic mass is 32.1. The third-order valence-electron chi connectivity index (χ3n) is 4.11. The third-order valence-corrected chi connectivity index (χ3v) is 4.50. The van der Waals surface area contributed by atoms with Crippen molar-refractivity contribution in [2.45, 2.75) is 39.5 Å². The maximum absolute atomic E-state index is 9.79. The molecule has 0 unspecified atom stereocenters. The van der Waals surface area contributed by atoms with Crippen LogP contribution in [0, 0.1) is 18.6 Å². The lowest BCUT2D eigenvalue weighted by molar-refractivity contribution is 0.0512. The molecule has 0 amide bonds. The molecule has 2 heterocycles. The molecule has 0 saturated carbocycles. The minimum atomic E-state index is -0.233. The number of aryl methyl sites for hydroxylation is 2. The van der Waals surface area contributed by atoms with Gasteiger partial charge in [0.1, 0.15) is 5.82 Å². The van der Waals surface area contributed by atoms with Gasteiger partial charge in [0, 0.05) is 18.8 Å². The first kappa shape index (κ1) is 15.4. The van der Waals surface area contributed by atoms with Crippen LogP contribution in [-0.2, 0) is 6.67 Å². The van der Waals surface area contributed by atoms with Gasteiger partial charge in [-0.1, -0.05) is 17.7 Å². The van der Waals surface area contributed by atoms with E-state index in [1.54, 1.807) is 0 Å². The Morgan fingerprint density at radius 1 is 1.27 bits per heavy atom. The number of likely N-dealkylation sites (tertiary alicyclic amines) is 1. The van der Waals surface area contributed by atoms with Crippen molar-refractivity contribution >= 4 is 12.2 Å². The number of piperidine rings is 1. The highest BCUT2D eigenvalue weighted by molar-refractivity contribution is 7.71. The fourth-order valence-electron chi connectivity index (χ4n) is 2.95. The minimum absolute atomic E-state index is 0.233. The number of β-amino-alcohol motifs (C(OH)–C–C–N with tert-alkyl or cyclic N) is 1. The van der Waals surface area contributed by atoms with Crippen LogP contribution in [0.4, 0.5) is 0 Å². The van der Waals surface area contributed by atoms with E-state index in [9.17, 15) is 5.11 Å². The molecule has 1 atom stereocenters. The standard InChI is InChI=1S/C16H22N4OS/c1-12-5-7-14(8-6-12)20-13(2)17-19(16(20)22)11-18-9-3-4-15(21)10-18/h5-8,15,21H,3-4,9-11H2,1-2H3/t15-/m1/s1. The van der Waals surface area contributed by atoms with Crippen LogP contribution < -0.4 is 0 Å². The highest BCUT2D eigenvalue weighted by Crippen LogP contribution is 2.15. The Morgan fingerprint density at radius 3 is 2.68 bits per heavy atom. The smallest absolute Gasteiger partial charge is 0.203 e. The summed E-state index contributed by atoms with van der Waals surface area (Å²) in [6, 6.07) is 8.29. The number of hydrogen-bond acceptors (Lipinski definition) is 4. The number of rotatable bonds is 3. The van der Waals surface area contributed by atoms with E-state index in [0.717, 1.165) is 30.9 Å². The van der Waals surface area contributed by atoms with Crippen molar-refractivity contribution in [2.24, 2.45) is 0 Å². The fraction of sp³-hybridized carbons (Fsp3) is 0.500. The molecule has 1 aromatic carbocycles. The van der Waals surface area contributed by atoms with Crippen LogP contribution in [0.1, 0.15) is 24.2 Å². The van der Waals surface area contributed by atoms with E-state index in [-0.39, 0.29) is 6.10 Å². The van der Waals surface area contributed by atoms with E-state index >= 15 is 0 Å². The van der Waals surface area contributed by atoms with Crippen molar-refractivity contribution in [3.63, 3.8) is 0 Å². The number of hydrogen-bond donors (Lipinski definition) is 1. The topological polar surface area (TPSA) is 46.2 Å². The molecule has 0 spiro atoms. The largest absolute Gasteiger partial charge is 0.392 e. The predicted octanol–water partition coefficient (Wildman–Crippen LogP) is 2.43. The molecule has 0 aliphatic carbocycles. The van der Waals surface area contributed by atoms with Crippen molar-refractivity contribution in [3.8, 4) is 5.69 Å². The summed E-state index contributed by atoms with van der Waals surface area (Å²) in [6.45, 7) is 6.35. The van der Waals surface area contributed by atoms with Crippen LogP contribution in [0.25, 0.3) is 5.69 Å². The normalized spacial score (nSPS) is 19.5. The molecule has 5 nitrogen and oxygen atoms in total. The van der Waals surface area contributed by atoms with Gasteiger partial charge >= 0.3 is 0 Å². The molecule has 0 radical (unpaired) electrons. The quantitative estimate of drug-likeness (QED) is 0.883. The van der Waals surface area contributed by atoms with Crippen LogP contribution >= 0.6 is 12.2 Å². The number of aliphatic hydroxyl groups is 1. The van der Waals surface area contributed by atoms with E-state index in [1.165, 1.54) is 5.56 Å². The second kappa shape index (κ2) is 6.32. The molecular formula is C16H22N4OS. The minimum Gasteiger partial charge on any atom is -0.392 e. The zero-order chi connectivity index (χ0) is 15.7. The zero-order valence-electron chi connectivity index (χ0n) is 13.1. The first-order valence-electron chi connectivity index (χ1n) is 7.68. The Hall–Kier alpha value is -1.50. The van der Waals surface area contributed by atoms with E-state index in [1.807, 2.05) is 16.2 Å². The molecule has 1 saturated heterocycles. The van der Waals surface area contributed by atoms with E-state index in [2.05, 4.69) is 41.2 Å². The molecule has 3 rings (SSSR count). The Morgan fingerprint density at radius 2 is 2.00 bits per heavy atom. The van der Waals surface area contributed by atoms with Crippen LogP contribution in [0.15, 0.2) is 24.3 Å². The maximum atomic E-state index is 9.79. The summed E-state index contributed by atoms with van der Waals surface area (Å²) >= 11 is 5.60. The molecule has 1 N–H and O–H groups in total. The molecule has 1 aliphatic heterocycles. The van der Waals surface area contributed by atoms with Crippen LogP contribution in [0.2, 0.25) is 0 Å². The molecule has 22 heavy (non-hydrogen) atoms. The van der Waals surface area contributed by atoms with Crippen molar-refractivity contribution < 1.29 is 5.11 Å². The first-order valence-corrected chi connectivity index (χ1v) is 8.09. The monoisotopic (exact) mass is 318 g/mol. The molecule has 118 valence electrons. The maximum Gasteiger partial charge on any atom is 0.203 e. The summed E-state index contributed by atoms with van der Waals surface area (Å²) in [5, 5.41) is 14.4. The van der Waals surface area contributed by atoms with Crippen molar-refractivity contribution in [1.29, 1.82) is 0 Å². The van der Waals surface area contributed by atoms with Crippen molar-refractivity contribution in [1.82, 2.24) is 19.2 Å². The van der Waals surface area contributed by atoms with Gasteiger partial charge < -0.3 is 5.11 Å². The lowest BCUT2D eigenvalue weighted by atomic mass is 10.1. The predicted molar refractivity (Wildman–Crippen MR) is 88.7 cm³/mol. The molecule has 2 aromatic rings. The summed E-state index contributed by atoms with van der Waals surface area (Å²) < 4.78 is 4.54. The Labute approximate surface area is 135 Å². The van der Waals surface area contributed by atoms with Gasteiger partial charge in [0.15, 0.2) is 0 Å². The average molecular weight is 318 g/mol. The molecule has 6 heteroatoms. The highest BCUT2D eigenvalue weighted by Gasteiger charge is 2.19. The van der Waals surface area contributed by atoms with Crippen molar-refractivity contribution in [2.75, 3.05) is 13.1 Å². The summed E-state index contributed by atoms with van der Waals surface area (Å²) in [5.74, 6) is 0.881. The van der Waals surface area contributed by atoms with Gasteiger partial charge in [-0.2, -0.15) is 5.10 Å². The molecule has 1 aliphatic rings. The lowest BCUT2D eigenvalue weighted by Gasteiger charge is -2.29. The number of nitrogens with zero attached hydrogens (tertiary/aromatic N) is 4. The molecule has 0 bridgehead atoms. The molecule has 1 fully saturated rings. The van der Waals surface area contributed by atoms with E-state index in [0.29, 0.717) is 18.0 Å². The fourth-order valence-corrected chi connectivity index (χ4v) is 3.28. The van der Waals surface area contributed by atoms with Crippen LogP contribution in [0.5, 0.6) is 0 Å². The Balaban J connectivity index is 1.87. The van der Waals surface area contributed by atoms with Crippen molar-refractivity contribution in [3.05, 3.63) is 40.4 Å². The summed E-state index contributed by atoms with van der Waals surface area (Å²) in [5.41, 5.74) is 2.26. The van der Waals surface area contributed by atoms with E-state index in [4.69, 9.17) is 12.2 Å². The SMILES string of the molecule is Cc1ccc(-n2c(C)nn(CN3CCC[C@@H](O)C3)c2=S)cc1. The van der Waals surface area contributed by atoms with Gasteiger partial charge in [0.05, 0.1) is 12.8 Å². The summed E-state index contributed by atoms with van der Waals surface area (Å²) in [6.07, 6.45) is 1.67. The van der Waals surface area contributed by atoms with Gasteiger partial charge in [-0.15, -0.1) is 0 Å². The van der Waals surface area contributed by atoms with Gasteiger partial charge in [0.25, 0.3) is 0 Å². The van der Waals surface area contributed by atoms with Gasteiger partial charge in [-0.25, -0.2) is 4.68 Å². The van der Waals surface area contributed by atoms with E-state index < -0.39 is 0 Å². The Kier molecular flexibility index (Phi) is 4.42. The number of benzene rings is 1. The zero-order valence-corrected chi connectivity index (χ0v) is 13.9. The Bertz CT molecular complexity index is 704. The molecule has 1 aromatic heterocycles. The summed E-state index contributed by atoms with van der Waals surface area (Å²) in [4.78, 5) is 2.20. The van der Waals surface area contributed by atoms with Gasteiger partial charge in [-0.3, -0.25) is 9.47 Å². The molecular weight excluding hydrogens is 296 g/mol. The van der Waals surface area contributed by atoms with Gasteiger partial charge in [0.2, 0.25) is 4.77 Å². The number of aromatic nitrogens is 3. The second-order valence-electron chi connectivity index (χ2n) is 6.01. The first-order chi connectivity index (χ1) is 10.5. The summed E-state index contributed by atoms with van der Waals surface area (Å²) in [7, 11) is 0. The van der Waals surface area contributed by atoms with Crippen LogP contribution in [-0.4, -0.2) is 43.5 Å². The third kappa shape index (κ3) is 3.14.